The van der Waals surface area contributed by atoms with E-state index in [0.29, 0.717) is 17.3 Å². The first-order valence-electron chi connectivity index (χ1n) is 6.37. The van der Waals surface area contributed by atoms with E-state index in [1.54, 1.807) is 0 Å². The van der Waals surface area contributed by atoms with Crippen molar-refractivity contribution in [2.45, 2.75) is 36.6 Å². The van der Waals surface area contributed by atoms with Crippen LogP contribution in [0, 0.1) is 5.92 Å². The molecule has 2 fully saturated rings. The van der Waals surface area contributed by atoms with Crippen molar-refractivity contribution < 1.29 is 33.2 Å². The van der Waals surface area contributed by atoms with Gasteiger partial charge >= 0.3 is 15.2 Å². The van der Waals surface area contributed by atoms with E-state index in [-0.39, 0.29) is 12.5 Å². The summed E-state index contributed by atoms with van der Waals surface area (Å²) >= 11 is 0. The number of piperidine rings is 1. The third kappa shape index (κ3) is 2.16. The van der Waals surface area contributed by atoms with Gasteiger partial charge in [0.25, 0.3) is 0 Å². The molecule has 0 amide bonds. The van der Waals surface area contributed by atoms with E-state index in [0.717, 1.165) is 13.0 Å². The third-order valence-electron chi connectivity index (χ3n) is 5.02. The Bertz CT molecular complexity index is 445. The molecule has 1 aliphatic carbocycles. The molecular weight excluding hydrogens is 292 g/mol. The molecule has 0 radical (unpaired) electrons. The van der Waals surface area contributed by atoms with Crippen LogP contribution in [0.4, 0.5) is 0 Å². The van der Waals surface area contributed by atoms with Crippen LogP contribution in [0.1, 0.15) is 25.7 Å². The smallest absolute Gasteiger partial charge is 0.326 e. The summed E-state index contributed by atoms with van der Waals surface area (Å²) in [7, 11) is -5.84. The Morgan fingerprint density at radius 1 is 1.05 bits per heavy atom. The lowest BCUT2D eigenvalue weighted by molar-refractivity contribution is -0.923. The number of fused-ring (bicyclic) bond motifs is 1. The largest absolute Gasteiger partial charge is 0.344 e. The second-order valence-electron chi connectivity index (χ2n) is 6.32. The molecule has 9 heteroatoms. The summed E-state index contributed by atoms with van der Waals surface area (Å²) in [6.45, 7) is 0.875. The van der Waals surface area contributed by atoms with Gasteiger partial charge in [-0.1, -0.05) is 0 Å². The number of hydrogen-bond acceptors (Lipinski definition) is 2. The fourth-order valence-corrected chi connectivity index (χ4v) is 7.76. The van der Waals surface area contributed by atoms with Crippen LogP contribution < -0.4 is 0 Å². The molecule has 2 unspecified atom stereocenters. The highest BCUT2D eigenvalue weighted by molar-refractivity contribution is 7.72. The van der Waals surface area contributed by atoms with Crippen LogP contribution in [-0.2, 0) is 9.13 Å². The van der Waals surface area contributed by atoms with E-state index in [4.69, 9.17) is 0 Å². The Hall–Kier alpha value is 0.260. The standard InChI is InChI=1S/C10H21NO6P2/c1-11(2)7-3-4-8-9(11)5-6-10(8,18(12,13)14)19(15,16)17/h8-9H,3-7H2,1-2H3,(H3-,12,13,14,15,16,17)/p+1. The van der Waals surface area contributed by atoms with Gasteiger partial charge in [0, 0.05) is 12.3 Å². The molecule has 2 rings (SSSR count). The maximum absolute atomic E-state index is 11.9. The van der Waals surface area contributed by atoms with Gasteiger partial charge in [0.2, 0.25) is 0 Å². The predicted octanol–water partition coefficient (Wildman–Crippen LogP) is 0.687. The van der Waals surface area contributed by atoms with E-state index in [1.165, 1.54) is 0 Å². The topological polar surface area (TPSA) is 115 Å². The second kappa shape index (κ2) is 4.38. The molecule has 1 heterocycles. The number of quaternary nitrogens is 1. The molecule has 1 saturated carbocycles. The number of hydrogen-bond donors (Lipinski definition) is 4. The normalized spacial score (nSPS) is 34.0. The van der Waals surface area contributed by atoms with Gasteiger partial charge in [0.05, 0.1) is 26.7 Å². The first kappa shape index (κ1) is 15.6. The van der Waals surface area contributed by atoms with Crippen molar-refractivity contribution in [2.24, 2.45) is 5.92 Å². The molecule has 0 aromatic heterocycles. The van der Waals surface area contributed by atoms with Gasteiger partial charge in [0.15, 0.2) is 4.90 Å². The minimum atomic E-state index is -4.88. The van der Waals surface area contributed by atoms with Crippen molar-refractivity contribution >= 4 is 15.2 Å². The number of rotatable bonds is 2. The highest BCUT2D eigenvalue weighted by atomic mass is 31.2. The summed E-state index contributed by atoms with van der Waals surface area (Å²) in [4.78, 5) is 36.3. The zero-order chi connectivity index (χ0) is 14.7. The molecule has 1 saturated heterocycles. The van der Waals surface area contributed by atoms with Gasteiger partial charge in [0.1, 0.15) is 0 Å². The van der Waals surface area contributed by atoms with Crippen LogP contribution in [-0.4, -0.2) is 55.6 Å². The lowest BCUT2D eigenvalue weighted by atomic mass is 9.90. The average molecular weight is 314 g/mol. The zero-order valence-electron chi connectivity index (χ0n) is 11.1. The van der Waals surface area contributed by atoms with Crippen molar-refractivity contribution in [2.75, 3.05) is 20.6 Å². The first-order valence-corrected chi connectivity index (χ1v) is 9.60. The molecule has 0 aromatic rings. The molecule has 4 N–H and O–H groups in total. The van der Waals surface area contributed by atoms with E-state index in [2.05, 4.69) is 0 Å². The third-order valence-corrected chi connectivity index (χ3v) is 9.71. The monoisotopic (exact) mass is 314 g/mol. The van der Waals surface area contributed by atoms with Crippen LogP contribution in [0.5, 0.6) is 0 Å². The maximum Gasteiger partial charge on any atom is 0.344 e. The summed E-state index contributed by atoms with van der Waals surface area (Å²) in [6, 6.07) is -0.0889. The predicted molar refractivity (Wildman–Crippen MR) is 69.5 cm³/mol. The van der Waals surface area contributed by atoms with E-state index in [1.807, 2.05) is 14.1 Å². The minimum absolute atomic E-state index is 0.0889. The lowest BCUT2D eigenvalue weighted by Gasteiger charge is -2.47. The van der Waals surface area contributed by atoms with E-state index in [9.17, 15) is 28.7 Å². The molecule has 0 aromatic carbocycles. The molecule has 0 spiro atoms. The highest BCUT2D eigenvalue weighted by Gasteiger charge is 2.71. The average Bonchev–Trinajstić information content (AvgIpc) is 2.56. The Morgan fingerprint density at radius 3 is 2.05 bits per heavy atom. The Morgan fingerprint density at radius 2 is 1.58 bits per heavy atom. The second-order valence-corrected chi connectivity index (χ2v) is 10.4. The molecule has 0 bridgehead atoms. The Labute approximate surface area is 112 Å². The van der Waals surface area contributed by atoms with Crippen LogP contribution in [0.15, 0.2) is 0 Å². The molecule has 112 valence electrons. The molecule has 2 aliphatic rings. The Balaban J connectivity index is 2.55. The van der Waals surface area contributed by atoms with Crippen molar-refractivity contribution in [3.8, 4) is 0 Å². The SMILES string of the molecule is C[N+]1(C)CCCC2C1CCC2(P(=O)(O)O)P(=O)(O)O. The number of nitrogens with zero attached hydrogens (tertiary/aromatic N) is 1. The van der Waals surface area contributed by atoms with Crippen LogP contribution in [0.2, 0.25) is 0 Å². The zero-order valence-corrected chi connectivity index (χ0v) is 12.9. The molecule has 7 nitrogen and oxygen atoms in total. The van der Waals surface area contributed by atoms with Gasteiger partial charge in [-0.3, -0.25) is 9.13 Å². The minimum Gasteiger partial charge on any atom is -0.326 e. The van der Waals surface area contributed by atoms with Crippen LogP contribution >= 0.6 is 15.2 Å². The maximum atomic E-state index is 11.9. The highest BCUT2D eigenvalue weighted by Crippen LogP contribution is 2.78. The molecule has 19 heavy (non-hydrogen) atoms. The Kier molecular flexibility index (Phi) is 3.60. The fraction of sp³-hybridized carbons (Fsp3) is 1.00. The molecule has 2 atom stereocenters. The summed E-state index contributed by atoms with van der Waals surface area (Å²) < 4.78 is 24.3. The van der Waals surface area contributed by atoms with E-state index >= 15 is 0 Å². The van der Waals surface area contributed by atoms with Gasteiger partial charge in [-0.2, -0.15) is 0 Å². The molecular formula is C10H22NO6P2+. The summed E-state index contributed by atoms with van der Waals surface area (Å²) in [5.41, 5.74) is 0. The van der Waals surface area contributed by atoms with Crippen LogP contribution in [0.25, 0.3) is 0 Å². The van der Waals surface area contributed by atoms with Crippen LogP contribution in [0.3, 0.4) is 0 Å². The van der Waals surface area contributed by atoms with Gasteiger partial charge < -0.3 is 24.1 Å². The van der Waals surface area contributed by atoms with Crippen molar-refractivity contribution in [1.82, 2.24) is 0 Å². The summed E-state index contributed by atoms with van der Waals surface area (Å²) in [5.74, 6) is -0.613. The number of likely N-dealkylation sites (tertiary alicyclic amines) is 1. The van der Waals surface area contributed by atoms with Gasteiger partial charge in [-0.15, -0.1) is 0 Å². The van der Waals surface area contributed by atoms with Crippen molar-refractivity contribution in [1.29, 1.82) is 0 Å². The fourth-order valence-electron chi connectivity index (χ4n) is 4.09. The quantitative estimate of drug-likeness (QED) is 0.440. The van der Waals surface area contributed by atoms with Gasteiger partial charge in [-0.05, 0) is 19.3 Å². The molecule has 1 aliphatic heterocycles. The van der Waals surface area contributed by atoms with Gasteiger partial charge in [-0.25, -0.2) is 0 Å². The van der Waals surface area contributed by atoms with Crippen molar-refractivity contribution in [3.63, 3.8) is 0 Å². The summed E-state index contributed by atoms with van der Waals surface area (Å²) in [5, 5.41) is 0. The van der Waals surface area contributed by atoms with E-state index < -0.39 is 26.0 Å². The summed E-state index contributed by atoms with van der Waals surface area (Å²) in [6.07, 6.45) is 1.56. The first-order chi connectivity index (χ1) is 8.43. The lowest BCUT2D eigenvalue weighted by Crippen LogP contribution is -2.56. The van der Waals surface area contributed by atoms with Crippen molar-refractivity contribution in [3.05, 3.63) is 0 Å².